The molecule has 0 aromatic carbocycles. The van der Waals surface area contributed by atoms with Crippen molar-refractivity contribution >= 4 is 5.71 Å². The minimum absolute atomic E-state index is 0.730. The molecule has 0 saturated heterocycles. The van der Waals surface area contributed by atoms with Gasteiger partial charge in [-0.2, -0.15) is 0 Å². The number of nitrogens with one attached hydrogen (secondary N) is 1. The lowest BCUT2D eigenvalue weighted by molar-refractivity contribution is 0.664. The average Bonchev–Trinajstić information content (AvgIpc) is 2.27. The van der Waals surface area contributed by atoms with Crippen LogP contribution >= 0.6 is 0 Å². The predicted molar refractivity (Wildman–Crippen MR) is 65.9 cm³/mol. The first-order chi connectivity index (χ1) is 7.27. The molecule has 0 aromatic heterocycles. The van der Waals surface area contributed by atoms with Gasteiger partial charge in [0, 0.05) is 12.3 Å². The van der Waals surface area contributed by atoms with Gasteiger partial charge in [-0.15, -0.1) is 0 Å². The Morgan fingerprint density at radius 1 is 1.67 bits per heavy atom. The molecule has 0 aromatic rings. The van der Waals surface area contributed by atoms with Crippen molar-refractivity contribution < 1.29 is 0 Å². The summed E-state index contributed by atoms with van der Waals surface area (Å²) in [4.78, 5) is 4.58. The molecule has 0 atom stereocenters. The molecule has 84 valence electrons. The number of hydrogen-bond donors (Lipinski definition) is 2. The Bertz CT molecular complexity index is 277. The molecule has 0 amide bonds. The van der Waals surface area contributed by atoms with Gasteiger partial charge in [0.2, 0.25) is 0 Å². The van der Waals surface area contributed by atoms with Gasteiger partial charge in [-0.25, -0.2) is 4.99 Å². The van der Waals surface area contributed by atoms with E-state index in [1.165, 1.54) is 12.0 Å². The van der Waals surface area contributed by atoms with Crippen molar-refractivity contribution in [2.45, 2.75) is 32.6 Å². The highest BCUT2D eigenvalue weighted by molar-refractivity contribution is 5.82. The summed E-state index contributed by atoms with van der Waals surface area (Å²) in [6.07, 6.45) is 6.14. The normalized spacial score (nSPS) is 17.6. The zero-order chi connectivity index (χ0) is 11.1. The van der Waals surface area contributed by atoms with Gasteiger partial charge < -0.3 is 11.1 Å². The third-order valence-corrected chi connectivity index (χ3v) is 2.51. The van der Waals surface area contributed by atoms with Gasteiger partial charge >= 0.3 is 0 Å². The van der Waals surface area contributed by atoms with E-state index >= 15 is 0 Å². The summed E-state index contributed by atoms with van der Waals surface area (Å²) in [6.45, 7) is 7.62. The third-order valence-electron chi connectivity index (χ3n) is 2.51. The second kappa shape index (κ2) is 6.40. The number of hydrogen-bond acceptors (Lipinski definition) is 3. The molecule has 0 bridgehead atoms. The molecule has 15 heavy (non-hydrogen) atoms. The fourth-order valence-corrected chi connectivity index (χ4v) is 1.63. The maximum absolute atomic E-state index is 5.46. The molecule has 0 spiro atoms. The van der Waals surface area contributed by atoms with Gasteiger partial charge in [0.1, 0.15) is 5.82 Å². The standard InChI is InChI=1S/C12H21N3/c1-3-11-7-5-9-14-12(11)15-10(2)6-4-8-13/h3,14H,1,4-9,13H2,2H3/b15-10+. The number of nitrogens with two attached hydrogens (primary N) is 1. The van der Waals surface area contributed by atoms with E-state index in [2.05, 4.69) is 23.8 Å². The quantitative estimate of drug-likeness (QED) is 0.677. The van der Waals surface area contributed by atoms with Gasteiger partial charge in [-0.1, -0.05) is 12.7 Å². The maximum atomic E-state index is 5.46. The minimum atomic E-state index is 0.730. The Labute approximate surface area is 92.2 Å². The third kappa shape index (κ3) is 3.88. The van der Waals surface area contributed by atoms with Crippen LogP contribution in [0.4, 0.5) is 0 Å². The van der Waals surface area contributed by atoms with Gasteiger partial charge in [0.25, 0.3) is 0 Å². The highest BCUT2D eigenvalue weighted by Gasteiger charge is 2.08. The van der Waals surface area contributed by atoms with Crippen LogP contribution < -0.4 is 11.1 Å². The first kappa shape index (κ1) is 12.0. The van der Waals surface area contributed by atoms with Crippen molar-refractivity contribution in [1.82, 2.24) is 5.32 Å². The Hall–Kier alpha value is -1.09. The van der Waals surface area contributed by atoms with E-state index in [4.69, 9.17) is 5.73 Å². The number of aliphatic imine (C=N–C) groups is 1. The summed E-state index contributed by atoms with van der Waals surface area (Å²) in [5.74, 6) is 1.01. The van der Waals surface area contributed by atoms with Crippen LogP contribution in [-0.2, 0) is 0 Å². The zero-order valence-electron chi connectivity index (χ0n) is 9.55. The lowest BCUT2D eigenvalue weighted by Crippen LogP contribution is -2.20. The molecule has 0 aliphatic carbocycles. The first-order valence-corrected chi connectivity index (χ1v) is 5.61. The summed E-state index contributed by atoms with van der Waals surface area (Å²) < 4.78 is 0. The summed E-state index contributed by atoms with van der Waals surface area (Å²) >= 11 is 0. The van der Waals surface area contributed by atoms with E-state index in [-0.39, 0.29) is 0 Å². The summed E-state index contributed by atoms with van der Waals surface area (Å²) in [5, 5.41) is 3.32. The summed E-state index contributed by atoms with van der Waals surface area (Å²) in [6, 6.07) is 0. The molecule has 3 heteroatoms. The molecular formula is C12H21N3. The lowest BCUT2D eigenvalue weighted by atomic mass is 10.1. The first-order valence-electron chi connectivity index (χ1n) is 5.61. The predicted octanol–water partition coefficient (Wildman–Crippen LogP) is 1.97. The van der Waals surface area contributed by atoms with Crippen molar-refractivity contribution in [3.8, 4) is 0 Å². The van der Waals surface area contributed by atoms with Crippen LogP contribution in [0.15, 0.2) is 29.0 Å². The second-order valence-corrected chi connectivity index (χ2v) is 3.85. The van der Waals surface area contributed by atoms with Crippen LogP contribution in [0.2, 0.25) is 0 Å². The molecule has 1 heterocycles. The van der Waals surface area contributed by atoms with E-state index in [9.17, 15) is 0 Å². The topological polar surface area (TPSA) is 50.4 Å². The Balaban J connectivity index is 2.67. The zero-order valence-corrected chi connectivity index (χ0v) is 9.55. The van der Waals surface area contributed by atoms with Crippen LogP contribution in [-0.4, -0.2) is 18.8 Å². The minimum Gasteiger partial charge on any atom is -0.370 e. The molecule has 0 saturated carbocycles. The number of rotatable bonds is 5. The van der Waals surface area contributed by atoms with Crippen molar-refractivity contribution in [2.75, 3.05) is 13.1 Å². The smallest absolute Gasteiger partial charge is 0.129 e. The molecule has 0 radical (unpaired) electrons. The molecule has 0 fully saturated rings. The maximum Gasteiger partial charge on any atom is 0.129 e. The van der Waals surface area contributed by atoms with Gasteiger partial charge in [0.05, 0.1) is 0 Å². The number of allylic oxidation sites excluding steroid dienone is 2. The Morgan fingerprint density at radius 2 is 2.47 bits per heavy atom. The van der Waals surface area contributed by atoms with E-state index in [0.717, 1.165) is 43.9 Å². The highest BCUT2D eigenvalue weighted by Crippen LogP contribution is 2.16. The molecular weight excluding hydrogens is 186 g/mol. The van der Waals surface area contributed by atoms with E-state index in [1.807, 2.05) is 6.08 Å². The monoisotopic (exact) mass is 207 g/mol. The van der Waals surface area contributed by atoms with Gasteiger partial charge in [-0.05, 0) is 44.7 Å². The number of nitrogens with zero attached hydrogens (tertiary/aromatic N) is 1. The lowest BCUT2D eigenvalue weighted by Gasteiger charge is -2.17. The second-order valence-electron chi connectivity index (χ2n) is 3.85. The molecule has 1 rings (SSSR count). The van der Waals surface area contributed by atoms with E-state index in [1.54, 1.807) is 0 Å². The fraction of sp³-hybridized carbons (Fsp3) is 0.583. The van der Waals surface area contributed by atoms with Gasteiger partial charge in [-0.3, -0.25) is 0 Å². The molecule has 1 aliphatic heterocycles. The van der Waals surface area contributed by atoms with Crippen LogP contribution in [0.3, 0.4) is 0 Å². The molecule has 0 unspecified atom stereocenters. The van der Waals surface area contributed by atoms with Crippen LogP contribution in [0.25, 0.3) is 0 Å². The van der Waals surface area contributed by atoms with Crippen molar-refractivity contribution in [3.05, 3.63) is 24.0 Å². The van der Waals surface area contributed by atoms with E-state index < -0.39 is 0 Å². The largest absolute Gasteiger partial charge is 0.370 e. The molecule has 1 aliphatic rings. The Morgan fingerprint density at radius 3 is 3.13 bits per heavy atom. The van der Waals surface area contributed by atoms with Crippen molar-refractivity contribution in [3.63, 3.8) is 0 Å². The molecule has 3 nitrogen and oxygen atoms in total. The van der Waals surface area contributed by atoms with Crippen LogP contribution in [0.5, 0.6) is 0 Å². The van der Waals surface area contributed by atoms with Crippen LogP contribution in [0, 0.1) is 0 Å². The van der Waals surface area contributed by atoms with Gasteiger partial charge in [0.15, 0.2) is 0 Å². The Kier molecular flexibility index (Phi) is 5.12. The fourth-order valence-electron chi connectivity index (χ4n) is 1.63. The van der Waals surface area contributed by atoms with Crippen LogP contribution in [0.1, 0.15) is 32.6 Å². The van der Waals surface area contributed by atoms with Crippen molar-refractivity contribution in [1.29, 1.82) is 0 Å². The SMILES string of the molecule is C=CC1=C(/N=C(\C)CCCN)NCCC1. The molecule has 3 N–H and O–H groups in total. The van der Waals surface area contributed by atoms with Crippen molar-refractivity contribution in [2.24, 2.45) is 10.7 Å². The van der Waals surface area contributed by atoms with E-state index in [0.29, 0.717) is 0 Å². The average molecular weight is 207 g/mol. The summed E-state index contributed by atoms with van der Waals surface area (Å²) in [7, 11) is 0. The highest BCUT2D eigenvalue weighted by atomic mass is 15.0. The summed E-state index contributed by atoms with van der Waals surface area (Å²) in [5.41, 5.74) is 7.84.